The first-order valence-corrected chi connectivity index (χ1v) is 10.7. The molecule has 1 saturated heterocycles. The van der Waals surface area contributed by atoms with Crippen molar-refractivity contribution in [1.29, 1.82) is 0 Å². The van der Waals surface area contributed by atoms with Crippen LogP contribution in [0.4, 0.5) is 10.1 Å². The molecule has 0 aliphatic carbocycles. The summed E-state index contributed by atoms with van der Waals surface area (Å²) in [6.45, 7) is 2.32. The van der Waals surface area contributed by atoms with Gasteiger partial charge in [-0.15, -0.1) is 0 Å². The van der Waals surface area contributed by atoms with E-state index in [1.54, 1.807) is 18.2 Å². The maximum Gasteiger partial charge on any atom is 0.185 e. The zero-order valence-electron chi connectivity index (χ0n) is 17.0. The van der Waals surface area contributed by atoms with Gasteiger partial charge in [-0.3, -0.25) is 4.79 Å². The van der Waals surface area contributed by atoms with Crippen LogP contribution in [0, 0.1) is 5.82 Å². The van der Waals surface area contributed by atoms with E-state index >= 15 is 0 Å². The van der Waals surface area contributed by atoms with E-state index in [1.807, 2.05) is 24.3 Å². The number of carbonyl (C=O) groups is 1. The minimum absolute atomic E-state index is 0.00282. The number of nitrogens with zero attached hydrogens (tertiary/aromatic N) is 1. The van der Waals surface area contributed by atoms with Crippen molar-refractivity contribution in [2.75, 3.05) is 18.0 Å². The van der Waals surface area contributed by atoms with E-state index in [4.69, 9.17) is 20.8 Å². The molecule has 0 amide bonds. The average molecular weight is 440 g/mol. The van der Waals surface area contributed by atoms with Gasteiger partial charge in [0.2, 0.25) is 0 Å². The number of furan rings is 1. The van der Waals surface area contributed by atoms with Crippen molar-refractivity contribution >= 4 is 29.1 Å². The number of hydrogen-bond acceptors (Lipinski definition) is 4. The Bertz CT molecular complexity index is 1070. The summed E-state index contributed by atoms with van der Waals surface area (Å²) < 4.78 is 24.4. The Kier molecular flexibility index (Phi) is 6.73. The summed E-state index contributed by atoms with van der Waals surface area (Å²) in [6.07, 6.45) is 6.87. The third-order valence-electron chi connectivity index (χ3n) is 5.23. The van der Waals surface area contributed by atoms with Crippen molar-refractivity contribution in [3.05, 3.63) is 88.6 Å². The predicted octanol–water partition coefficient (Wildman–Crippen LogP) is 6.54. The number of piperidine rings is 1. The van der Waals surface area contributed by atoms with Gasteiger partial charge in [0.15, 0.2) is 5.78 Å². The quantitative estimate of drug-likeness (QED) is 0.309. The third-order valence-corrected chi connectivity index (χ3v) is 5.52. The molecule has 4 rings (SSSR count). The lowest BCUT2D eigenvalue weighted by molar-refractivity contribution is 0.104. The summed E-state index contributed by atoms with van der Waals surface area (Å²) in [5.41, 5.74) is 1.80. The highest BCUT2D eigenvalue weighted by Gasteiger charge is 2.11. The Hall–Kier alpha value is -3.05. The van der Waals surface area contributed by atoms with Gasteiger partial charge in [0, 0.05) is 30.4 Å². The number of ketones is 1. The molecule has 1 fully saturated rings. The monoisotopic (exact) mass is 439 g/mol. The van der Waals surface area contributed by atoms with Gasteiger partial charge in [-0.05, 0) is 79.9 Å². The second-order valence-corrected chi connectivity index (χ2v) is 7.87. The van der Waals surface area contributed by atoms with Crippen LogP contribution in [0.1, 0.15) is 41.1 Å². The molecule has 0 unspecified atom stereocenters. The van der Waals surface area contributed by atoms with E-state index in [0.717, 1.165) is 13.1 Å². The smallest absolute Gasteiger partial charge is 0.185 e. The van der Waals surface area contributed by atoms with E-state index in [1.165, 1.54) is 49.2 Å². The average Bonchev–Trinajstić information content (AvgIpc) is 3.27. The molecule has 0 saturated carbocycles. The van der Waals surface area contributed by atoms with Crippen molar-refractivity contribution in [3.63, 3.8) is 0 Å². The van der Waals surface area contributed by atoms with E-state index in [9.17, 15) is 9.18 Å². The van der Waals surface area contributed by atoms with Crippen LogP contribution >= 0.6 is 11.6 Å². The Morgan fingerprint density at radius 2 is 1.84 bits per heavy atom. The fraction of sp³-hybridized carbons (Fsp3) is 0.240. The van der Waals surface area contributed by atoms with Gasteiger partial charge < -0.3 is 14.1 Å². The van der Waals surface area contributed by atoms with Gasteiger partial charge in [-0.2, -0.15) is 0 Å². The summed E-state index contributed by atoms with van der Waals surface area (Å²) in [5, 5.41) is 0.00282. The van der Waals surface area contributed by atoms with Gasteiger partial charge >= 0.3 is 0 Å². The highest BCUT2D eigenvalue weighted by Crippen LogP contribution is 2.23. The summed E-state index contributed by atoms with van der Waals surface area (Å²) in [6, 6.07) is 15.4. The molecular formula is C25H23ClFNO3. The topological polar surface area (TPSA) is 42.7 Å². The van der Waals surface area contributed by atoms with Crippen LogP contribution in [-0.2, 0) is 6.61 Å². The number of anilines is 1. The van der Waals surface area contributed by atoms with Gasteiger partial charge in [0.25, 0.3) is 0 Å². The number of halogens is 2. The number of hydrogen-bond donors (Lipinski definition) is 0. The van der Waals surface area contributed by atoms with Crippen LogP contribution in [0.25, 0.3) is 6.08 Å². The van der Waals surface area contributed by atoms with Gasteiger partial charge in [0.05, 0.1) is 5.02 Å². The van der Waals surface area contributed by atoms with Crippen LogP contribution in [0.3, 0.4) is 0 Å². The lowest BCUT2D eigenvalue weighted by Crippen LogP contribution is -2.29. The molecule has 0 radical (unpaired) electrons. The SMILES string of the molecule is O=C(/C=C/c1ccc(COc2ccc(F)c(Cl)c2)o1)c1ccc(N2CCCCC2)cc1. The van der Waals surface area contributed by atoms with Crippen LogP contribution in [0.2, 0.25) is 5.02 Å². The molecule has 0 bridgehead atoms. The zero-order valence-corrected chi connectivity index (χ0v) is 17.8. The number of allylic oxidation sites excluding steroid dienone is 1. The van der Waals surface area contributed by atoms with Crippen molar-refractivity contribution < 1.29 is 18.3 Å². The first kappa shape index (κ1) is 21.2. The van der Waals surface area contributed by atoms with Crippen LogP contribution in [0.15, 0.2) is 65.1 Å². The molecule has 6 heteroatoms. The Morgan fingerprint density at radius 1 is 1.06 bits per heavy atom. The molecule has 31 heavy (non-hydrogen) atoms. The van der Waals surface area contributed by atoms with Gasteiger partial charge in [-0.1, -0.05) is 11.6 Å². The third kappa shape index (κ3) is 5.56. The normalized spacial score (nSPS) is 14.2. The van der Waals surface area contributed by atoms with Crippen molar-refractivity contribution in [3.8, 4) is 5.75 Å². The fourth-order valence-electron chi connectivity index (χ4n) is 3.53. The van der Waals surface area contributed by atoms with E-state index < -0.39 is 5.82 Å². The van der Waals surface area contributed by atoms with Gasteiger partial charge in [0.1, 0.15) is 29.7 Å². The highest BCUT2D eigenvalue weighted by molar-refractivity contribution is 6.30. The van der Waals surface area contributed by atoms with Crippen molar-refractivity contribution in [2.24, 2.45) is 0 Å². The molecular weight excluding hydrogens is 417 g/mol. The fourth-order valence-corrected chi connectivity index (χ4v) is 3.70. The largest absolute Gasteiger partial charge is 0.486 e. The first-order chi connectivity index (χ1) is 15.1. The molecule has 2 aromatic carbocycles. The van der Waals surface area contributed by atoms with Crippen molar-refractivity contribution in [2.45, 2.75) is 25.9 Å². The number of ether oxygens (including phenoxy) is 1. The summed E-state index contributed by atoms with van der Waals surface area (Å²) in [5.74, 6) is 1.00. The van der Waals surface area contributed by atoms with Gasteiger partial charge in [-0.25, -0.2) is 4.39 Å². The van der Waals surface area contributed by atoms with E-state index in [0.29, 0.717) is 22.8 Å². The maximum absolute atomic E-state index is 13.2. The molecule has 1 aliphatic rings. The lowest BCUT2D eigenvalue weighted by atomic mass is 10.1. The first-order valence-electron chi connectivity index (χ1n) is 10.3. The minimum Gasteiger partial charge on any atom is -0.486 e. The molecule has 3 aromatic rings. The highest BCUT2D eigenvalue weighted by atomic mass is 35.5. The molecule has 1 aliphatic heterocycles. The summed E-state index contributed by atoms with van der Waals surface area (Å²) in [4.78, 5) is 14.8. The Morgan fingerprint density at radius 3 is 2.58 bits per heavy atom. The summed E-state index contributed by atoms with van der Waals surface area (Å²) >= 11 is 5.75. The predicted molar refractivity (Wildman–Crippen MR) is 120 cm³/mol. The molecule has 160 valence electrons. The second-order valence-electron chi connectivity index (χ2n) is 7.46. The zero-order chi connectivity index (χ0) is 21.6. The van der Waals surface area contributed by atoms with Crippen LogP contribution in [0.5, 0.6) is 5.75 Å². The molecule has 2 heterocycles. The number of benzene rings is 2. The van der Waals surface area contributed by atoms with Crippen LogP contribution in [-0.4, -0.2) is 18.9 Å². The minimum atomic E-state index is -0.495. The standard InChI is InChI=1S/C25H23ClFNO3/c26-23-16-21(10-12-24(23)27)30-17-22-9-8-20(31-22)11-13-25(29)18-4-6-19(7-5-18)28-14-2-1-3-15-28/h4-13,16H,1-3,14-15,17H2/b13-11+. The molecule has 0 N–H and O–H groups in total. The van der Waals surface area contributed by atoms with Crippen LogP contribution < -0.4 is 9.64 Å². The summed E-state index contributed by atoms with van der Waals surface area (Å²) in [7, 11) is 0. The molecule has 0 atom stereocenters. The Labute approximate surface area is 185 Å². The van der Waals surface area contributed by atoms with Crippen molar-refractivity contribution in [1.82, 2.24) is 0 Å². The number of carbonyl (C=O) groups excluding carboxylic acids is 1. The Balaban J connectivity index is 1.32. The van der Waals surface area contributed by atoms with E-state index in [2.05, 4.69) is 4.90 Å². The molecule has 1 aromatic heterocycles. The molecule has 4 nitrogen and oxygen atoms in total. The maximum atomic E-state index is 13.2. The van der Waals surface area contributed by atoms with E-state index in [-0.39, 0.29) is 17.4 Å². The lowest BCUT2D eigenvalue weighted by Gasteiger charge is -2.28. The second kappa shape index (κ2) is 9.84. The number of rotatable bonds is 7. The molecule has 0 spiro atoms.